The summed E-state index contributed by atoms with van der Waals surface area (Å²) in [5, 5.41) is 3.03. The molecule has 0 unspecified atom stereocenters. The molecule has 1 saturated heterocycles. The lowest BCUT2D eigenvalue weighted by Crippen LogP contribution is -2.35. The van der Waals surface area contributed by atoms with Crippen LogP contribution < -0.4 is 4.90 Å². The fourth-order valence-corrected chi connectivity index (χ4v) is 3.46. The highest BCUT2D eigenvalue weighted by Gasteiger charge is 2.22. The number of hydrogen-bond acceptors (Lipinski definition) is 5. The van der Waals surface area contributed by atoms with Crippen molar-refractivity contribution >= 4 is 22.4 Å². The average Bonchev–Trinajstić information content (AvgIpc) is 2.91. The second kappa shape index (κ2) is 6.44. The van der Waals surface area contributed by atoms with Gasteiger partial charge >= 0.3 is 0 Å². The number of carbonyl (C=O) groups is 1. The lowest BCUT2D eigenvalue weighted by Gasteiger charge is -2.22. The van der Waals surface area contributed by atoms with E-state index in [9.17, 15) is 4.79 Å². The van der Waals surface area contributed by atoms with Crippen LogP contribution in [0.15, 0.2) is 23.7 Å². The van der Waals surface area contributed by atoms with Crippen molar-refractivity contribution in [3.05, 3.63) is 40.7 Å². The molecule has 2 aromatic rings. The maximum atomic E-state index is 12.7. The van der Waals surface area contributed by atoms with Crippen LogP contribution in [0.4, 0.5) is 5.13 Å². The van der Waals surface area contributed by atoms with E-state index in [0.717, 1.165) is 49.1 Å². The van der Waals surface area contributed by atoms with E-state index in [0.29, 0.717) is 5.56 Å². The zero-order valence-corrected chi connectivity index (χ0v) is 13.8. The highest BCUT2D eigenvalue weighted by Crippen LogP contribution is 2.20. The number of rotatable bonds is 2. The van der Waals surface area contributed by atoms with Crippen LogP contribution in [0.5, 0.6) is 0 Å². The van der Waals surface area contributed by atoms with Gasteiger partial charge in [-0.15, -0.1) is 11.3 Å². The first-order valence-electron chi connectivity index (χ1n) is 7.53. The Morgan fingerprint density at radius 1 is 1.18 bits per heavy atom. The standard InChI is InChI=1S/C16H20N4OS/c1-12-4-5-14(13(2)18-12)15(21)19-7-3-8-20(10-9-19)16-17-6-11-22-16/h4-6,11H,3,7-10H2,1-2H3. The predicted octanol–water partition coefficient (Wildman–Crippen LogP) is 2.51. The van der Waals surface area contributed by atoms with E-state index in [1.807, 2.05) is 42.5 Å². The molecule has 1 amide bonds. The van der Waals surface area contributed by atoms with E-state index in [2.05, 4.69) is 14.9 Å². The van der Waals surface area contributed by atoms with Gasteiger partial charge in [0.2, 0.25) is 0 Å². The minimum absolute atomic E-state index is 0.0889. The van der Waals surface area contributed by atoms with Crippen LogP contribution in [0, 0.1) is 13.8 Å². The van der Waals surface area contributed by atoms with Gasteiger partial charge in [0.25, 0.3) is 5.91 Å². The number of nitrogens with zero attached hydrogens (tertiary/aromatic N) is 4. The third-order valence-corrected chi connectivity index (χ3v) is 4.76. The van der Waals surface area contributed by atoms with Gasteiger partial charge < -0.3 is 9.80 Å². The fourth-order valence-electron chi connectivity index (χ4n) is 2.77. The first-order valence-corrected chi connectivity index (χ1v) is 8.41. The predicted molar refractivity (Wildman–Crippen MR) is 88.6 cm³/mol. The van der Waals surface area contributed by atoms with Crippen molar-refractivity contribution in [1.82, 2.24) is 14.9 Å². The average molecular weight is 316 g/mol. The Morgan fingerprint density at radius 3 is 2.77 bits per heavy atom. The van der Waals surface area contributed by atoms with Gasteiger partial charge in [-0.3, -0.25) is 9.78 Å². The van der Waals surface area contributed by atoms with Gasteiger partial charge in [-0.05, 0) is 32.4 Å². The number of anilines is 1. The summed E-state index contributed by atoms with van der Waals surface area (Å²) < 4.78 is 0. The molecule has 3 heterocycles. The third kappa shape index (κ3) is 3.11. The van der Waals surface area contributed by atoms with Crippen LogP contribution in [0.2, 0.25) is 0 Å². The Morgan fingerprint density at radius 2 is 2.05 bits per heavy atom. The highest BCUT2D eigenvalue weighted by atomic mass is 32.1. The van der Waals surface area contributed by atoms with Crippen molar-refractivity contribution in [2.24, 2.45) is 0 Å². The van der Waals surface area contributed by atoms with Gasteiger partial charge in [-0.1, -0.05) is 0 Å². The Labute approximate surface area is 134 Å². The van der Waals surface area contributed by atoms with E-state index in [1.165, 1.54) is 0 Å². The van der Waals surface area contributed by atoms with Gasteiger partial charge in [0.1, 0.15) is 0 Å². The summed E-state index contributed by atoms with van der Waals surface area (Å²) in [7, 11) is 0. The number of aryl methyl sites for hydroxylation is 2. The molecule has 0 saturated carbocycles. The molecule has 0 bridgehead atoms. The number of aromatic nitrogens is 2. The van der Waals surface area contributed by atoms with Crippen LogP contribution in [0.25, 0.3) is 0 Å². The molecule has 22 heavy (non-hydrogen) atoms. The molecule has 0 N–H and O–H groups in total. The van der Waals surface area contributed by atoms with Gasteiger partial charge in [0.15, 0.2) is 5.13 Å². The van der Waals surface area contributed by atoms with Gasteiger partial charge in [-0.25, -0.2) is 4.98 Å². The monoisotopic (exact) mass is 316 g/mol. The smallest absolute Gasteiger partial charge is 0.255 e. The van der Waals surface area contributed by atoms with Gasteiger partial charge in [0, 0.05) is 43.4 Å². The zero-order valence-electron chi connectivity index (χ0n) is 13.0. The molecule has 0 atom stereocenters. The van der Waals surface area contributed by atoms with E-state index < -0.39 is 0 Å². The molecule has 1 aliphatic rings. The summed E-state index contributed by atoms with van der Waals surface area (Å²) in [6.07, 6.45) is 2.79. The molecule has 0 aliphatic carbocycles. The molecule has 5 nitrogen and oxygen atoms in total. The Kier molecular flexibility index (Phi) is 4.38. The molecule has 1 fully saturated rings. The Bertz CT molecular complexity index is 656. The normalized spacial score (nSPS) is 15.7. The first kappa shape index (κ1) is 15.0. The number of hydrogen-bond donors (Lipinski definition) is 0. The Hall–Kier alpha value is -1.95. The third-order valence-electron chi connectivity index (χ3n) is 3.93. The van der Waals surface area contributed by atoms with Crippen LogP contribution in [-0.2, 0) is 0 Å². The number of amides is 1. The van der Waals surface area contributed by atoms with Crippen molar-refractivity contribution in [3.63, 3.8) is 0 Å². The van der Waals surface area contributed by atoms with E-state index >= 15 is 0 Å². The van der Waals surface area contributed by atoms with Crippen LogP contribution in [0.1, 0.15) is 28.2 Å². The SMILES string of the molecule is Cc1ccc(C(=O)N2CCCN(c3nccs3)CC2)c(C)n1. The van der Waals surface area contributed by atoms with E-state index in [-0.39, 0.29) is 5.91 Å². The molecule has 116 valence electrons. The Balaban J connectivity index is 1.71. The van der Waals surface area contributed by atoms with Crippen molar-refractivity contribution in [1.29, 1.82) is 0 Å². The molecule has 1 aliphatic heterocycles. The molecular formula is C16H20N4OS. The number of thiazole rings is 1. The lowest BCUT2D eigenvalue weighted by atomic mass is 10.1. The van der Waals surface area contributed by atoms with Crippen molar-refractivity contribution in [2.75, 3.05) is 31.1 Å². The minimum Gasteiger partial charge on any atom is -0.346 e. The number of carbonyl (C=O) groups excluding carboxylic acids is 1. The van der Waals surface area contributed by atoms with Crippen LogP contribution in [-0.4, -0.2) is 47.0 Å². The highest BCUT2D eigenvalue weighted by molar-refractivity contribution is 7.13. The largest absolute Gasteiger partial charge is 0.346 e. The molecule has 0 radical (unpaired) electrons. The summed E-state index contributed by atoms with van der Waals surface area (Å²) in [4.78, 5) is 25.7. The molecular weight excluding hydrogens is 296 g/mol. The zero-order chi connectivity index (χ0) is 15.5. The maximum absolute atomic E-state index is 12.7. The second-order valence-corrected chi connectivity index (χ2v) is 6.41. The summed E-state index contributed by atoms with van der Waals surface area (Å²) in [5.74, 6) is 0.0889. The summed E-state index contributed by atoms with van der Waals surface area (Å²) in [6, 6.07) is 3.80. The topological polar surface area (TPSA) is 49.3 Å². The second-order valence-electron chi connectivity index (χ2n) is 5.53. The summed E-state index contributed by atoms with van der Waals surface area (Å²) >= 11 is 1.65. The number of pyridine rings is 1. The van der Waals surface area contributed by atoms with Gasteiger partial charge in [0.05, 0.1) is 11.3 Å². The quantitative estimate of drug-likeness (QED) is 0.854. The van der Waals surface area contributed by atoms with Crippen molar-refractivity contribution in [2.45, 2.75) is 20.3 Å². The maximum Gasteiger partial charge on any atom is 0.255 e. The molecule has 6 heteroatoms. The van der Waals surface area contributed by atoms with Crippen molar-refractivity contribution < 1.29 is 4.79 Å². The molecule has 0 spiro atoms. The van der Waals surface area contributed by atoms with Gasteiger partial charge in [-0.2, -0.15) is 0 Å². The van der Waals surface area contributed by atoms with E-state index in [1.54, 1.807) is 11.3 Å². The fraction of sp³-hybridized carbons (Fsp3) is 0.438. The minimum atomic E-state index is 0.0889. The summed E-state index contributed by atoms with van der Waals surface area (Å²) in [5.41, 5.74) is 2.47. The van der Waals surface area contributed by atoms with Crippen molar-refractivity contribution in [3.8, 4) is 0 Å². The van der Waals surface area contributed by atoms with Crippen LogP contribution >= 0.6 is 11.3 Å². The van der Waals surface area contributed by atoms with E-state index in [4.69, 9.17) is 0 Å². The first-order chi connectivity index (χ1) is 10.6. The molecule has 3 rings (SSSR count). The van der Waals surface area contributed by atoms with Crippen LogP contribution in [0.3, 0.4) is 0 Å². The molecule has 2 aromatic heterocycles. The molecule has 0 aromatic carbocycles. The lowest BCUT2D eigenvalue weighted by molar-refractivity contribution is 0.0766. The summed E-state index contributed by atoms with van der Waals surface area (Å²) in [6.45, 7) is 7.14.